The Morgan fingerprint density at radius 1 is 1.50 bits per heavy atom. The van der Waals surface area contributed by atoms with E-state index in [0.717, 1.165) is 30.0 Å². The summed E-state index contributed by atoms with van der Waals surface area (Å²) in [5.74, 6) is 0.553. The summed E-state index contributed by atoms with van der Waals surface area (Å²) in [6.45, 7) is 0.612. The highest BCUT2D eigenvalue weighted by Gasteiger charge is 2.24. The molecule has 3 nitrogen and oxygen atoms in total. The van der Waals surface area contributed by atoms with Gasteiger partial charge >= 0.3 is 0 Å². The van der Waals surface area contributed by atoms with Gasteiger partial charge in [-0.3, -0.25) is 0 Å². The number of aryl methyl sites for hydroxylation is 1. The highest BCUT2D eigenvalue weighted by molar-refractivity contribution is 7.15. The lowest BCUT2D eigenvalue weighted by Gasteiger charge is -2.18. The smallest absolute Gasteiger partial charge is 0.137 e. The molecule has 106 valence electrons. The minimum absolute atomic E-state index is 0.292. The summed E-state index contributed by atoms with van der Waals surface area (Å²) in [7, 11) is 1.53. The molecule has 0 bridgehead atoms. The predicted molar refractivity (Wildman–Crippen MR) is 78.8 cm³/mol. The fraction of sp³-hybridized carbons (Fsp3) is 0.400. The van der Waals surface area contributed by atoms with Gasteiger partial charge < -0.3 is 10.5 Å². The van der Waals surface area contributed by atoms with E-state index >= 15 is 0 Å². The van der Waals surface area contributed by atoms with Crippen LogP contribution in [0.2, 0.25) is 0 Å². The zero-order valence-corrected chi connectivity index (χ0v) is 12.2. The molecule has 0 saturated carbocycles. The van der Waals surface area contributed by atoms with Crippen LogP contribution in [0.3, 0.4) is 0 Å². The van der Waals surface area contributed by atoms with Crippen LogP contribution in [-0.4, -0.2) is 18.6 Å². The van der Waals surface area contributed by atoms with Crippen LogP contribution in [-0.2, 0) is 6.42 Å². The molecule has 1 aromatic carbocycles. The zero-order valence-electron chi connectivity index (χ0n) is 11.4. The number of halogens is 1. The lowest BCUT2D eigenvalue weighted by molar-refractivity contribution is 0.411. The Labute approximate surface area is 121 Å². The monoisotopic (exact) mass is 292 g/mol. The zero-order chi connectivity index (χ0) is 14.1. The summed E-state index contributed by atoms with van der Waals surface area (Å²) in [6.07, 6.45) is 3.25. The van der Waals surface area contributed by atoms with Crippen molar-refractivity contribution in [2.75, 3.05) is 13.7 Å². The number of aromatic nitrogens is 1. The van der Waals surface area contributed by atoms with Gasteiger partial charge in [0.15, 0.2) is 0 Å². The van der Waals surface area contributed by atoms with E-state index in [0.29, 0.717) is 23.8 Å². The van der Waals surface area contributed by atoms with Gasteiger partial charge in [0.25, 0.3) is 0 Å². The van der Waals surface area contributed by atoms with Crippen LogP contribution in [0.4, 0.5) is 4.39 Å². The molecule has 0 amide bonds. The van der Waals surface area contributed by atoms with E-state index in [1.54, 1.807) is 23.5 Å². The average Bonchev–Trinajstić information content (AvgIpc) is 2.90. The second-order valence-electron chi connectivity index (χ2n) is 5.00. The largest absolute Gasteiger partial charge is 0.497 e. The fourth-order valence-electron chi connectivity index (χ4n) is 2.65. The summed E-state index contributed by atoms with van der Waals surface area (Å²) in [5, 5.41) is 0.746. The van der Waals surface area contributed by atoms with E-state index < -0.39 is 0 Å². The summed E-state index contributed by atoms with van der Waals surface area (Å²) in [6, 6.07) is 4.89. The quantitative estimate of drug-likeness (QED) is 0.944. The minimum atomic E-state index is -0.292. The summed E-state index contributed by atoms with van der Waals surface area (Å²) in [4.78, 5) is 5.91. The molecule has 20 heavy (non-hydrogen) atoms. The van der Waals surface area contributed by atoms with Crippen molar-refractivity contribution in [3.63, 3.8) is 0 Å². The lowest BCUT2D eigenvalue weighted by atomic mass is 9.91. The Morgan fingerprint density at radius 2 is 2.35 bits per heavy atom. The molecule has 1 aromatic heterocycles. The topological polar surface area (TPSA) is 48.1 Å². The number of benzene rings is 1. The molecule has 3 rings (SSSR count). The SMILES string of the molecule is COc1ccc(-c2nc3c(s2)CCCC3CN)c(F)c1. The summed E-state index contributed by atoms with van der Waals surface area (Å²) < 4.78 is 19.2. The third kappa shape index (κ3) is 2.31. The number of hydrogen-bond acceptors (Lipinski definition) is 4. The minimum Gasteiger partial charge on any atom is -0.497 e. The molecular weight excluding hydrogens is 275 g/mol. The van der Waals surface area contributed by atoms with Gasteiger partial charge in [-0.2, -0.15) is 0 Å². The van der Waals surface area contributed by atoms with Gasteiger partial charge in [-0.05, 0) is 31.4 Å². The number of ether oxygens (including phenoxy) is 1. The van der Waals surface area contributed by atoms with Crippen molar-refractivity contribution in [2.24, 2.45) is 5.73 Å². The van der Waals surface area contributed by atoms with Crippen molar-refractivity contribution < 1.29 is 9.13 Å². The molecule has 1 aliphatic carbocycles. The molecule has 0 radical (unpaired) electrons. The highest BCUT2D eigenvalue weighted by atomic mass is 32.1. The Morgan fingerprint density at radius 3 is 3.05 bits per heavy atom. The number of thiazole rings is 1. The van der Waals surface area contributed by atoms with E-state index in [1.807, 2.05) is 0 Å². The average molecular weight is 292 g/mol. The van der Waals surface area contributed by atoms with Crippen LogP contribution < -0.4 is 10.5 Å². The summed E-state index contributed by atoms with van der Waals surface area (Å²) >= 11 is 1.59. The molecule has 1 heterocycles. The van der Waals surface area contributed by atoms with Crippen molar-refractivity contribution in [3.8, 4) is 16.3 Å². The Balaban J connectivity index is 2.01. The molecule has 1 unspecified atom stereocenters. The number of nitrogens with two attached hydrogens (primary N) is 1. The third-order valence-corrected chi connectivity index (χ3v) is 4.93. The van der Waals surface area contributed by atoms with Crippen LogP contribution in [0.25, 0.3) is 10.6 Å². The van der Waals surface area contributed by atoms with Crippen LogP contribution >= 0.6 is 11.3 Å². The number of methoxy groups -OCH3 is 1. The first-order valence-corrected chi connectivity index (χ1v) is 7.58. The first kappa shape index (κ1) is 13.5. The maximum Gasteiger partial charge on any atom is 0.137 e. The van der Waals surface area contributed by atoms with E-state index in [2.05, 4.69) is 4.98 Å². The molecule has 0 saturated heterocycles. The number of rotatable bonds is 3. The predicted octanol–water partition coefficient (Wildman–Crippen LogP) is 3.34. The van der Waals surface area contributed by atoms with E-state index in [4.69, 9.17) is 10.5 Å². The second kappa shape index (κ2) is 5.50. The van der Waals surface area contributed by atoms with Crippen LogP contribution in [0.1, 0.15) is 29.3 Å². The van der Waals surface area contributed by atoms with Gasteiger partial charge in [-0.15, -0.1) is 11.3 Å². The lowest BCUT2D eigenvalue weighted by Crippen LogP contribution is -2.17. The molecule has 1 aliphatic rings. The maximum absolute atomic E-state index is 14.1. The van der Waals surface area contributed by atoms with Gasteiger partial charge in [0.05, 0.1) is 12.8 Å². The molecule has 1 atom stereocenters. The second-order valence-corrected chi connectivity index (χ2v) is 6.08. The van der Waals surface area contributed by atoms with E-state index in [9.17, 15) is 4.39 Å². The maximum atomic E-state index is 14.1. The molecule has 2 aromatic rings. The standard InChI is InChI=1S/C15H17FN2OS/c1-19-10-5-6-11(12(16)7-10)15-18-14-9(8-17)3-2-4-13(14)20-15/h5-7,9H,2-4,8,17H2,1H3. The number of hydrogen-bond donors (Lipinski definition) is 1. The number of fused-ring (bicyclic) bond motifs is 1. The van der Waals surface area contributed by atoms with Gasteiger partial charge in [-0.1, -0.05) is 0 Å². The molecule has 5 heteroatoms. The molecule has 0 spiro atoms. The van der Waals surface area contributed by atoms with Crippen molar-refractivity contribution in [1.29, 1.82) is 0 Å². The third-order valence-electron chi connectivity index (χ3n) is 3.76. The molecular formula is C15H17FN2OS. The first-order valence-electron chi connectivity index (χ1n) is 6.76. The molecule has 2 N–H and O–H groups in total. The first-order chi connectivity index (χ1) is 9.72. The van der Waals surface area contributed by atoms with Crippen molar-refractivity contribution in [1.82, 2.24) is 4.98 Å². The van der Waals surface area contributed by atoms with E-state index in [-0.39, 0.29) is 5.82 Å². The van der Waals surface area contributed by atoms with Gasteiger partial charge in [0.2, 0.25) is 0 Å². The number of nitrogens with zero attached hydrogens (tertiary/aromatic N) is 1. The van der Waals surface area contributed by atoms with Gasteiger partial charge in [-0.25, -0.2) is 9.37 Å². The van der Waals surface area contributed by atoms with Crippen LogP contribution in [0.5, 0.6) is 5.75 Å². The van der Waals surface area contributed by atoms with Crippen LogP contribution in [0, 0.1) is 5.82 Å². The highest BCUT2D eigenvalue weighted by Crippen LogP contribution is 2.38. The van der Waals surface area contributed by atoms with Crippen molar-refractivity contribution >= 4 is 11.3 Å². The van der Waals surface area contributed by atoms with Gasteiger partial charge in [0, 0.05) is 29.0 Å². The van der Waals surface area contributed by atoms with E-state index in [1.165, 1.54) is 18.1 Å². The molecule has 0 aliphatic heterocycles. The van der Waals surface area contributed by atoms with Gasteiger partial charge in [0.1, 0.15) is 16.6 Å². The Hall–Kier alpha value is -1.46. The van der Waals surface area contributed by atoms with Crippen molar-refractivity contribution in [3.05, 3.63) is 34.6 Å². The Kier molecular flexibility index (Phi) is 3.72. The fourth-order valence-corrected chi connectivity index (χ4v) is 3.86. The van der Waals surface area contributed by atoms with Crippen molar-refractivity contribution in [2.45, 2.75) is 25.2 Å². The normalized spacial score (nSPS) is 17.9. The summed E-state index contributed by atoms with van der Waals surface area (Å²) in [5.41, 5.74) is 7.43. The molecule has 0 fully saturated rings. The van der Waals surface area contributed by atoms with Crippen LogP contribution in [0.15, 0.2) is 18.2 Å². The Bertz CT molecular complexity index is 626.